The van der Waals surface area contributed by atoms with Gasteiger partial charge in [0.05, 0.1) is 31.4 Å². The number of hydrogen-bond acceptors (Lipinski definition) is 4. The Balaban J connectivity index is 1.51. The molecule has 1 aliphatic carbocycles. The lowest BCUT2D eigenvalue weighted by molar-refractivity contribution is -0.141. The molecule has 1 fully saturated rings. The summed E-state index contributed by atoms with van der Waals surface area (Å²) in [5.74, 6) is 0.260. The van der Waals surface area contributed by atoms with Gasteiger partial charge >= 0.3 is 0 Å². The number of amides is 1. The fourth-order valence-corrected chi connectivity index (χ4v) is 3.88. The van der Waals surface area contributed by atoms with Gasteiger partial charge in [-0.2, -0.15) is 0 Å². The van der Waals surface area contributed by atoms with Crippen molar-refractivity contribution in [2.24, 2.45) is 0 Å². The number of carbonyl (C=O) groups excluding carboxylic acids is 2. The average molecular weight is 339 g/mol. The molecule has 130 valence electrons. The second-order valence-corrected chi connectivity index (χ2v) is 6.66. The minimum Gasteiger partial charge on any atom is -0.461 e. The van der Waals surface area contributed by atoms with Gasteiger partial charge < -0.3 is 14.1 Å². The normalized spacial score (nSPS) is 22.6. The van der Waals surface area contributed by atoms with Crippen LogP contribution in [0.15, 0.2) is 47.1 Å². The third kappa shape index (κ3) is 3.12. The number of fused-ring (bicyclic) bond motifs is 1. The highest BCUT2D eigenvalue weighted by Gasteiger charge is 2.36. The van der Waals surface area contributed by atoms with Crippen LogP contribution in [-0.4, -0.2) is 42.4 Å². The second-order valence-electron chi connectivity index (χ2n) is 6.66. The molecule has 0 radical (unpaired) electrons. The van der Waals surface area contributed by atoms with E-state index in [1.165, 1.54) is 11.8 Å². The third-order valence-electron chi connectivity index (χ3n) is 5.16. The van der Waals surface area contributed by atoms with Crippen molar-refractivity contribution in [1.29, 1.82) is 0 Å². The highest BCUT2D eigenvalue weighted by atomic mass is 16.5. The maximum Gasteiger partial charge on any atom is 0.230 e. The van der Waals surface area contributed by atoms with Crippen LogP contribution in [0.2, 0.25) is 0 Å². The van der Waals surface area contributed by atoms with E-state index in [9.17, 15) is 9.59 Å². The highest BCUT2D eigenvalue weighted by molar-refractivity contribution is 5.94. The number of rotatable bonds is 4. The molecule has 1 aromatic carbocycles. The van der Waals surface area contributed by atoms with Crippen LogP contribution in [0.3, 0.4) is 0 Å². The van der Waals surface area contributed by atoms with Gasteiger partial charge in [-0.1, -0.05) is 24.3 Å². The molecule has 2 atom stereocenters. The zero-order chi connectivity index (χ0) is 17.2. The van der Waals surface area contributed by atoms with Crippen molar-refractivity contribution in [3.8, 4) is 0 Å². The molecule has 0 spiro atoms. The summed E-state index contributed by atoms with van der Waals surface area (Å²) in [7, 11) is 0. The van der Waals surface area contributed by atoms with E-state index in [1.807, 2.05) is 23.1 Å². The first-order valence-electron chi connectivity index (χ1n) is 8.77. The van der Waals surface area contributed by atoms with Crippen LogP contribution in [0, 0.1) is 0 Å². The van der Waals surface area contributed by atoms with Crippen molar-refractivity contribution in [2.75, 3.05) is 19.8 Å². The number of benzene rings is 1. The van der Waals surface area contributed by atoms with Gasteiger partial charge in [0.2, 0.25) is 5.91 Å². The molecule has 4 rings (SSSR count). The van der Waals surface area contributed by atoms with E-state index in [2.05, 4.69) is 6.07 Å². The summed E-state index contributed by atoms with van der Waals surface area (Å²) in [6.45, 7) is 1.45. The van der Waals surface area contributed by atoms with Gasteiger partial charge in [0, 0.05) is 13.0 Å². The molecule has 1 aliphatic heterocycles. The molecule has 0 N–H and O–H groups in total. The maximum atomic E-state index is 13.2. The van der Waals surface area contributed by atoms with E-state index in [0.29, 0.717) is 25.5 Å². The quantitative estimate of drug-likeness (QED) is 0.804. The smallest absolute Gasteiger partial charge is 0.230 e. The topological polar surface area (TPSA) is 59.8 Å². The van der Waals surface area contributed by atoms with Crippen molar-refractivity contribution in [1.82, 2.24) is 4.90 Å². The predicted molar refractivity (Wildman–Crippen MR) is 91.5 cm³/mol. The Morgan fingerprint density at radius 1 is 1.16 bits per heavy atom. The summed E-state index contributed by atoms with van der Waals surface area (Å²) < 4.78 is 10.7. The monoisotopic (exact) mass is 339 g/mol. The van der Waals surface area contributed by atoms with Gasteiger partial charge in [0.15, 0.2) is 11.5 Å². The number of Topliss-reactive ketones (excluding diaryl/α,β-unsaturated/α-hetero) is 1. The number of ketones is 1. The van der Waals surface area contributed by atoms with Crippen molar-refractivity contribution in [3.63, 3.8) is 0 Å². The van der Waals surface area contributed by atoms with Gasteiger partial charge in [-0.3, -0.25) is 9.59 Å². The van der Waals surface area contributed by atoms with Crippen LogP contribution >= 0.6 is 0 Å². The number of furan rings is 1. The Labute approximate surface area is 146 Å². The lowest BCUT2D eigenvalue weighted by Crippen LogP contribution is -2.50. The summed E-state index contributed by atoms with van der Waals surface area (Å²) >= 11 is 0. The van der Waals surface area contributed by atoms with E-state index in [1.54, 1.807) is 12.1 Å². The number of aryl methyl sites for hydroxylation is 1. The van der Waals surface area contributed by atoms with E-state index < -0.39 is 0 Å². The first kappa shape index (κ1) is 16.1. The molecule has 1 amide bonds. The highest BCUT2D eigenvalue weighted by Crippen LogP contribution is 2.35. The number of morpholine rings is 1. The summed E-state index contributed by atoms with van der Waals surface area (Å²) in [6.07, 6.45) is 3.50. The lowest BCUT2D eigenvalue weighted by Gasteiger charge is -2.37. The minimum atomic E-state index is -0.230. The molecule has 25 heavy (non-hydrogen) atoms. The van der Waals surface area contributed by atoms with Gasteiger partial charge in [0.1, 0.15) is 0 Å². The van der Waals surface area contributed by atoms with Crippen LogP contribution in [0.5, 0.6) is 0 Å². The van der Waals surface area contributed by atoms with Gasteiger partial charge in [-0.05, 0) is 36.1 Å². The predicted octanol–water partition coefficient (Wildman–Crippen LogP) is 2.81. The maximum absolute atomic E-state index is 13.2. The molecular weight excluding hydrogens is 318 g/mol. The zero-order valence-corrected chi connectivity index (χ0v) is 14.0. The van der Waals surface area contributed by atoms with Crippen LogP contribution in [0.25, 0.3) is 0 Å². The Hall–Kier alpha value is -2.40. The van der Waals surface area contributed by atoms with Crippen molar-refractivity contribution >= 4 is 11.7 Å². The number of hydrogen-bond donors (Lipinski definition) is 0. The van der Waals surface area contributed by atoms with Gasteiger partial charge in [0.25, 0.3) is 0 Å². The van der Waals surface area contributed by atoms with Gasteiger partial charge in [-0.25, -0.2) is 0 Å². The molecule has 2 aliphatic rings. The van der Waals surface area contributed by atoms with Crippen LogP contribution < -0.4 is 0 Å². The molecule has 2 unspecified atom stereocenters. The van der Waals surface area contributed by atoms with E-state index in [4.69, 9.17) is 9.15 Å². The Kier molecular flexibility index (Phi) is 4.40. The first-order chi connectivity index (χ1) is 12.2. The van der Waals surface area contributed by atoms with Crippen LogP contribution in [-0.2, 0) is 16.0 Å². The molecule has 1 saturated heterocycles. The fraction of sp³-hybridized carbons (Fsp3) is 0.400. The van der Waals surface area contributed by atoms with Gasteiger partial charge in [-0.15, -0.1) is 0 Å². The molecule has 2 heterocycles. The minimum absolute atomic E-state index is 0.0925. The lowest BCUT2D eigenvalue weighted by atomic mass is 9.97. The number of carbonyl (C=O) groups is 2. The summed E-state index contributed by atoms with van der Waals surface area (Å²) in [5.41, 5.74) is 2.40. The summed E-state index contributed by atoms with van der Waals surface area (Å²) in [6, 6.07) is 11.3. The summed E-state index contributed by atoms with van der Waals surface area (Å²) in [4.78, 5) is 27.4. The second kappa shape index (κ2) is 6.84. The van der Waals surface area contributed by atoms with Crippen molar-refractivity contribution < 1.29 is 18.7 Å². The third-order valence-corrected chi connectivity index (χ3v) is 5.16. The molecule has 1 aromatic heterocycles. The first-order valence-corrected chi connectivity index (χ1v) is 8.77. The fourth-order valence-electron chi connectivity index (χ4n) is 3.88. The Bertz CT molecular complexity index is 768. The molecule has 0 saturated carbocycles. The number of nitrogens with zero attached hydrogens (tertiary/aromatic N) is 1. The SMILES string of the molecule is O=C(CC1COCCN1C(=O)C1CCc2ccccc21)c1ccco1. The molecule has 2 aromatic rings. The van der Waals surface area contributed by atoms with Crippen LogP contribution in [0.1, 0.15) is 40.4 Å². The molecular formula is C20H21NO4. The average Bonchev–Trinajstić information content (AvgIpc) is 3.31. The Morgan fingerprint density at radius 3 is 2.88 bits per heavy atom. The zero-order valence-electron chi connectivity index (χ0n) is 14.0. The Morgan fingerprint density at radius 2 is 2.04 bits per heavy atom. The van der Waals surface area contributed by atoms with Crippen LogP contribution in [0.4, 0.5) is 0 Å². The largest absolute Gasteiger partial charge is 0.461 e. The standard InChI is InChI=1S/C20H21NO4/c22-18(19-6-3-10-25-19)12-15-13-24-11-9-21(15)20(23)17-8-7-14-4-1-2-5-16(14)17/h1-6,10,15,17H,7-9,11-13H2. The molecule has 5 nitrogen and oxygen atoms in total. The van der Waals surface area contributed by atoms with E-state index in [-0.39, 0.29) is 30.1 Å². The van der Waals surface area contributed by atoms with E-state index >= 15 is 0 Å². The molecule has 0 bridgehead atoms. The number of ether oxygens (including phenoxy) is 1. The van der Waals surface area contributed by atoms with Crippen molar-refractivity contribution in [2.45, 2.75) is 31.2 Å². The van der Waals surface area contributed by atoms with E-state index in [0.717, 1.165) is 18.4 Å². The molecule has 5 heteroatoms. The van der Waals surface area contributed by atoms with Crippen molar-refractivity contribution in [3.05, 3.63) is 59.5 Å². The summed E-state index contributed by atoms with van der Waals surface area (Å²) in [5, 5.41) is 0.